The predicted octanol–water partition coefficient (Wildman–Crippen LogP) is -0.489. The van der Waals surface area contributed by atoms with Crippen LogP contribution in [0.5, 0.6) is 0 Å². The molecule has 4 nitrogen and oxygen atoms in total. The Labute approximate surface area is 73.8 Å². The van der Waals surface area contributed by atoms with Gasteiger partial charge in [-0.25, -0.2) is 0 Å². The quantitative estimate of drug-likeness (QED) is 0.570. The van der Waals surface area contributed by atoms with Crippen LogP contribution in [0.25, 0.3) is 0 Å². The topological polar surface area (TPSA) is 33.7 Å². The fraction of sp³-hybridized carbons (Fsp3) is 1.00. The van der Waals surface area contributed by atoms with Crippen molar-refractivity contribution >= 4 is 0 Å². The highest BCUT2D eigenvalue weighted by atomic mass is 16.7. The van der Waals surface area contributed by atoms with Gasteiger partial charge in [-0.3, -0.25) is 4.90 Å². The van der Waals surface area contributed by atoms with E-state index in [1.165, 1.54) is 0 Å². The molecular formula is C8H18N2O2. The third kappa shape index (κ3) is 1.95. The molecule has 0 amide bonds. The van der Waals surface area contributed by atoms with Crippen LogP contribution in [-0.4, -0.2) is 58.1 Å². The van der Waals surface area contributed by atoms with Crippen LogP contribution < -0.4 is 5.32 Å². The SMILES string of the molecule is CNCCN1CC(OC)(OC)C1. The Balaban J connectivity index is 2.16. The lowest BCUT2D eigenvalue weighted by molar-refractivity contribution is -0.274. The standard InChI is InChI=1S/C8H18N2O2/c1-9-4-5-10-6-8(7-10,11-2)12-3/h9H,4-7H2,1-3H3. The molecule has 1 rings (SSSR count). The Morgan fingerprint density at radius 2 is 1.92 bits per heavy atom. The smallest absolute Gasteiger partial charge is 0.193 e. The molecule has 0 aromatic rings. The largest absolute Gasteiger partial charge is 0.351 e. The second-order valence-electron chi connectivity index (χ2n) is 3.13. The zero-order chi connectivity index (χ0) is 9.03. The highest BCUT2D eigenvalue weighted by Gasteiger charge is 2.43. The van der Waals surface area contributed by atoms with E-state index in [1.807, 2.05) is 7.05 Å². The number of likely N-dealkylation sites (tertiary alicyclic amines) is 1. The van der Waals surface area contributed by atoms with Gasteiger partial charge < -0.3 is 14.8 Å². The lowest BCUT2D eigenvalue weighted by atomic mass is 10.1. The van der Waals surface area contributed by atoms with E-state index in [-0.39, 0.29) is 5.79 Å². The van der Waals surface area contributed by atoms with Crippen molar-refractivity contribution in [3.63, 3.8) is 0 Å². The average molecular weight is 174 g/mol. The summed E-state index contributed by atoms with van der Waals surface area (Å²) < 4.78 is 10.5. The van der Waals surface area contributed by atoms with Crippen molar-refractivity contribution in [2.24, 2.45) is 0 Å². The number of nitrogens with zero attached hydrogens (tertiary/aromatic N) is 1. The second kappa shape index (κ2) is 4.18. The molecule has 0 aromatic heterocycles. The highest BCUT2D eigenvalue weighted by molar-refractivity contribution is 4.89. The number of ether oxygens (including phenoxy) is 2. The van der Waals surface area contributed by atoms with E-state index in [0.29, 0.717) is 0 Å². The van der Waals surface area contributed by atoms with Crippen molar-refractivity contribution in [2.45, 2.75) is 5.79 Å². The van der Waals surface area contributed by atoms with Gasteiger partial charge in [-0.2, -0.15) is 0 Å². The van der Waals surface area contributed by atoms with E-state index in [4.69, 9.17) is 9.47 Å². The normalized spacial score (nSPS) is 22.2. The van der Waals surface area contributed by atoms with Gasteiger partial charge in [0.25, 0.3) is 0 Å². The number of nitrogens with one attached hydrogen (secondary N) is 1. The zero-order valence-electron chi connectivity index (χ0n) is 8.09. The summed E-state index contributed by atoms with van der Waals surface area (Å²) in [6.07, 6.45) is 0. The first kappa shape index (κ1) is 9.92. The van der Waals surface area contributed by atoms with Gasteiger partial charge in [0.2, 0.25) is 0 Å². The van der Waals surface area contributed by atoms with Crippen LogP contribution in [0.2, 0.25) is 0 Å². The van der Waals surface area contributed by atoms with E-state index in [2.05, 4.69) is 10.2 Å². The minimum atomic E-state index is -0.326. The van der Waals surface area contributed by atoms with Crippen LogP contribution in [0, 0.1) is 0 Å². The number of likely N-dealkylation sites (N-methyl/N-ethyl adjacent to an activating group) is 1. The average Bonchev–Trinajstić information content (AvgIpc) is 2.04. The van der Waals surface area contributed by atoms with Crippen LogP contribution >= 0.6 is 0 Å². The molecule has 72 valence electrons. The molecular weight excluding hydrogens is 156 g/mol. The Kier molecular flexibility index (Phi) is 3.46. The molecule has 0 radical (unpaired) electrons. The minimum Gasteiger partial charge on any atom is -0.351 e. The van der Waals surface area contributed by atoms with Gasteiger partial charge in [-0.05, 0) is 7.05 Å². The summed E-state index contributed by atoms with van der Waals surface area (Å²) in [6, 6.07) is 0. The van der Waals surface area contributed by atoms with Gasteiger partial charge in [0, 0.05) is 27.3 Å². The fourth-order valence-corrected chi connectivity index (χ4v) is 1.40. The predicted molar refractivity (Wildman–Crippen MR) is 47.1 cm³/mol. The van der Waals surface area contributed by atoms with E-state index in [0.717, 1.165) is 26.2 Å². The third-order valence-corrected chi connectivity index (χ3v) is 2.35. The van der Waals surface area contributed by atoms with Crippen molar-refractivity contribution in [1.29, 1.82) is 0 Å². The van der Waals surface area contributed by atoms with Crippen LogP contribution in [0.4, 0.5) is 0 Å². The van der Waals surface area contributed by atoms with Crippen molar-refractivity contribution in [3.05, 3.63) is 0 Å². The number of methoxy groups -OCH3 is 2. The molecule has 4 heteroatoms. The molecule has 12 heavy (non-hydrogen) atoms. The number of hydrogen-bond acceptors (Lipinski definition) is 4. The molecule has 0 bridgehead atoms. The summed E-state index contributed by atoms with van der Waals surface area (Å²) in [5.74, 6) is -0.326. The van der Waals surface area contributed by atoms with Gasteiger partial charge in [0.05, 0.1) is 13.1 Å². The first-order valence-electron chi connectivity index (χ1n) is 4.23. The molecule has 0 saturated carbocycles. The Bertz CT molecular complexity index is 129. The van der Waals surface area contributed by atoms with Crippen LogP contribution in [0.3, 0.4) is 0 Å². The molecule has 1 saturated heterocycles. The first-order valence-corrected chi connectivity index (χ1v) is 4.23. The van der Waals surface area contributed by atoms with E-state index in [1.54, 1.807) is 14.2 Å². The fourth-order valence-electron chi connectivity index (χ4n) is 1.40. The van der Waals surface area contributed by atoms with E-state index in [9.17, 15) is 0 Å². The van der Waals surface area contributed by atoms with Crippen LogP contribution in [0.15, 0.2) is 0 Å². The van der Waals surface area contributed by atoms with E-state index < -0.39 is 0 Å². The molecule has 0 unspecified atom stereocenters. The third-order valence-electron chi connectivity index (χ3n) is 2.35. The monoisotopic (exact) mass is 174 g/mol. The molecule has 0 atom stereocenters. The maximum Gasteiger partial charge on any atom is 0.193 e. The van der Waals surface area contributed by atoms with Crippen molar-refractivity contribution in [1.82, 2.24) is 10.2 Å². The van der Waals surface area contributed by atoms with Crippen LogP contribution in [-0.2, 0) is 9.47 Å². The van der Waals surface area contributed by atoms with E-state index >= 15 is 0 Å². The van der Waals surface area contributed by atoms with Crippen molar-refractivity contribution in [2.75, 3.05) is 47.4 Å². The summed E-state index contributed by atoms with van der Waals surface area (Å²) in [5, 5.41) is 3.11. The molecule has 0 aliphatic carbocycles. The zero-order valence-corrected chi connectivity index (χ0v) is 8.09. The van der Waals surface area contributed by atoms with Gasteiger partial charge in [-0.15, -0.1) is 0 Å². The Morgan fingerprint density at radius 3 is 2.33 bits per heavy atom. The minimum absolute atomic E-state index is 0.326. The highest BCUT2D eigenvalue weighted by Crippen LogP contribution is 2.24. The van der Waals surface area contributed by atoms with Crippen LogP contribution in [0.1, 0.15) is 0 Å². The Morgan fingerprint density at radius 1 is 1.33 bits per heavy atom. The summed E-state index contributed by atoms with van der Waals surface area (Å²) in [7, 11) is 5.34. The molecule has 1 aliphatic heterocycles. The number of hydrogen-bond donors (Lipinski definition) is 1. The summed E-state index contributed by atoms with van der Waals surface area (Å²) in [4.78, 5) is 2.30. The Hall–Kier alpha value is -0.160. The van der Waals surface area contributed by atoms with Gasteiger partial charge >= 0.3 is 0 Å². The first-order chi connectivity index (χ1) is 5.76. The second-order valence-corrected chi connectivity index (χ2v) is 3.13. The van der Waals surface area contributed by atoms with Gasteiger partial charge in [-0.1, -0.05) is 0 Å². The molecule has 0 spiro atoms. The molecule has 1 heterocycles. The lowest BCUT2D eigenvalue weighted by Gasteiger charge is -2.47. The lowest BCUT2D eigenvalue weighted by Crippen LogP contribution is -2.64. The molecule has 1 fully saturated rings. The van der Waals surface area contributed by atoms with Gasteiger partial charge in [0.1, 0.15) is 0 Å². The maximum absolute atomic E-state index is 5.25. The summed E-state index contributed by atoms with van der Waals surface area (Å²) >= 11 is 0. The molecule has 0 aromatic carbocycles. The summed E-state index contributed by atoms with van der Waals surface area (Å²) in [5.41, 5.74) is 0. The summed E-state index contributed by atoms with van der Waals surface area (Å²) in [6.45, 7) is 3.83. The van der Waals surface area contributed by atoms with Gasteiger partial charge in [0.15, 0.2) is 5.79 Å². The molecule has 1 aliphatic rings. The number of rotatable bonds is 5. The van der Waals surface area contributed by atoms with Crippen molar-refractivity contribution in [3.8, 4) is 0 Å². The maximum atomic E-state index is 5.25. The molecule has 1 N–H and O–H groups in total. The van der Waals surface area contributed by atoms with Crippen molar-refractivity contribution < 1.29 is 9.47 Å².